The number of hydrogen-bond donors (Lipinski definition) is 3. The summed E-state index contributed by atoms with van der Waals surface area (Å²) in [4.78, 5) is 32.4. The van der Waals surface area contributed by atoms with Crippen LogP contribution in [-0.2, 0) is 16.1 Å². The third kappa shape index (κ3) is 3.80. The molecule has 3 N–H and O–H groups in total. The molecule has 1 fully saturated rings. The number of ether oxygens (including phenoxy) is 4. The fourth-order valence-electron chi connectivity index (χ4n) is 6.57. The van der Waals surface area contributed by atoms with Gasteiger partial charge in [0, 0.05) is 36.6 Å². The van der Waals surface area contributed by atoms with Gasteiger partial charge in [-0.2, -0.15) is 0 Å². The summed E-state index contributed by atoms with van der Waals surface area (Å²) < 4.78 is 24.8. The molecule has 0 saturated carbocycles. The molecular formula is C30H28N4O7. The van der Waals surface area contributed by atoms with E-state index in [1.165, 1.54) is 6.42 Å². The average Bonchev–Trinajstić information content (AvgIpc) is 3.78. The summed E-state index contributed by atoms with van der Waals surface area (Å²) in [5.74, 6) is 1.17. The molecule has 11 nitrogen and oxygen atoms in total. The van der Waals surface area contributed by atoms with E-state index in [1.54, 1.807) is 6.20 Å². The zero-order chi connectivity index (χ0) is 27.7. The van der Waals surface area contributed by atoms with Crippen molar-refractivity contribution >= 4 is 44.8 Å². The second-order valence-electron chi connectivity index (χ2n) is 10.9. The number of hydrogen-bond acceptors (Lipinski definition) is 8. The zero-order valence-corrected chi connectivity index (χ0v) is 22.2. The van der Waals surface area contributed by atoms with E-state index in [1.807, 2.05) is 35.0 Å². The molecule has 210 valence electrons. The number of nitrogens with zero attached hydrogens (tertiary/aromatic N) is 2. The zero-order valence-electron chi connectivity index (χ0n) is 22.2. The highest BCUT2D eigenvalue weighted by atomic mass is 16.7. The van der Waals surface area contributed by atoms with Crippen molar-refractivity contribution in [3.05, 3.63) is 47.8 Å². The number of nitrogens with one attached hydrogen (secondary N) is 2. The number of rotatable bonds is 6. The Hall–Kier alpha value is -4.48. The van der Waals surface area contributed by atoms with E-state index < -0.39 is 17.9 Å². The minimum Gasteiger partial charge on any atom is -0.454 e. The molecule has 1 saturated heterocycles. The van der Waals surface area contributed by atoms with E-state index in [4.69, 9.17) is 18.9 Å². The van der Waals surface area contributed by atoms with Gasteiger partial charge in [-0.25, -0.2) is 0 Å². The average molecular weight is 557 g/mol. The van der Waals surface area contributed by atoms with E-state index in [0.717, 1.165) is 37.0 Å². The molecule has 0 bridgehead atoms. The molecule has 1 unspecified atom stereocenters. The lowest BCUT2D eigenvalue weighted by atomic mass is 9.95. The number of imide groups is 1. The van der Waals surface area contributed by atoms with Gasteiger partial charge < -0.3 is 38.5 Å². The minimum atomic E-state index is -0.622. The van der Waals surface area contributed by atoms with Crippen LogP contribution in [0.4, 0.5) is 0 Å². The van der Waals surface area contributed by atoms with Crippen molar-refractivity contribution in [3.8, 4) is 23.0 Å². The smallest absolute Gasteiger partial charge is 0.259 e. The van der Waals surface area contributed by atoms with Crippen molar-refractivity contribution in [2.75, 3.05) is 33.2 Å². The van der Waals surface area contributed by atoms with Crippen LogP contribution in [0.25, 0.3) is 33.0 Å². The maximum absolute atomic E-state index is 13.5. The highest BCUT2D eigenvalue weighted by molar-refractivity contribution is 6.51. The second-order valence-corrected chi connectivity index (χ2v) is 10.9. The molecule has 2 amide bonds. The van der Waals surface area contributed by atoms with Gasteiger partial charge in [-0.05, 0) is 50.2 Å². The summed E-state index contributed by atoms with van der Waals surface area (Å²) in [6.07, 6.45) is 6.43. The third-order valence-electron chi connectivity index (χ3n) is 8.36. The Morgan fingerprint density at radius 2 is 1.49 bits per heavy atom. The number of H-pyrrole nitrogens is 1. The maximum Gasteiger partial charge on any atom is 0.259 e. The quantitative estimate of drug-likeness (QED) is 0.310. The number of benzene rings is 2. The first kappa shape index (κ1) is 24.3. The van der Waals surface area contributed by atoms with Gasteiger partial charge in [0.25, 0.3) is 11.8 Å². The lowest BCUT2D eigenvalue weighted by Crippen LogP contribution is -2.37. The number of carbonyl (C=O) groups is 2. The molecule has 0 aliphatic carbocycles. The number of β-amino-alcohol motifs (C(OH)–C–C–N with tert-alkyl or cyclic N) is 1. The Morgan fingerprint density at radius 3 is 2.24 bits per heavy atom. The molecule has 11 heteroatoms. The van der Waals surface area contributed by atoms with Crippen molar-refractivity contribution in [3.63, 3.8) is 0 Å². The van der Waals surface area contributed by atoms with Gasteiger partial charge in [-0.15, -0.1) is 0 Å². The Kier molecular flexibility index (Phi) is 5.51. The van der Waals surface area contributed by atoms with Crippen LogP contribution in [0.5, 0.6) is 23.0 Å². The SMILES string of the molecule is O=C1NC(=O)C(c2cn(CC(O)CN3CCCCC3)c3ccc4c(c23)OCO4)=C1c1c[nH]c2ccc3c(c12)OCO3. The molecule has 41 heavy (non-hydrogen) atoms. The molecule has 4 aromatic rings. The van der Waals surface area contributed by atoms with Crippen molar-refractivity contribution in [2.24, 2.45) is 0 Å². The van der Waals surface area contributed by atoms with Crippen LogP contribution in [0, 0.1) is 0 Å². The predicted molar refractivity (Wildman–Crippen MR) is 149 cm³/mol. The number of piperidine rings is 1. The van der Waals surface area contributed by atoms with Gasteiger partial charge >= 0.3 is 0 Å². The van der Waals surface area contributed by atoms with E-state index in [2.05, 4.69) is 15.2 Å². The second kappa shape index (κ2) is 9.28. The number of carbonyl (C=O) groups excluding carboxylic acids is 2. The molecule has 4 aliphatic heterocycles. The summed E-state index contributed by atoms with van der Waals surface area (Å²) in [6, 6.07) is 7.40. The Morgan fingerprint density at radius 1 is 0.805 bits per heavy atom. The predicted octanol–water partition coefficient (Wildman–Crippen LogP) is 2.99. The molecular weight excluding hydrogens is 528 g/mol. The Bertz CT molecular complexity index is 1780. The highest BCUT2D eigenvalue weighted by Crippen LogP contribution is 2.48. The van der Waals surface area contributed by atoms with Crippen LogP contribution in [-0.4, -0.2) is 70.7 Å². The largest absolute Gasteiger partial charge is 0.454 e. The number of aromatic amines is 1. The van der Waals surface area contributed by atoms with Crippen LogP contribution in [0.1, 0.15) is 30.4 Å². The summed E-state index contributed by atoms with van der Waals surface area (Å²) in [5.41, 5.74) is 3.06. The number of fused-ring (bicyclic) bond motifs is 6. The number of aliphatic hydroxyl groups excluding tert-OH is 1. The van der Waals surface area contributed by atoms with Gasteiger partial charge in [0.15, 0.2) is 23.0 Å². The van der Waals surface area contributed by atoms with E-state index in [-0.39, 0.29) is 24.7 Å². The van der Waals surface area contributed by atoms with Crippen LogP contribution in [0.3, 0.4) is 0 Å². The molecule has 6 heterocycles. The molecule has 0 radical (unpaired) electrons. The van der Waals surface area contributed by atoms with Crippen molar-refractivity contribution < 1.29 is 33.6 Å². The van der Waals surface area contributed by atoms with Crippen LogP contribution in [0.2, 0.25) is 0 Å². The Labute approximate surface area is 234 Å². The van der Waals surface area contributed by atoms with Gasteiger partial charge in [-0.3, -0.25) is 14.9 Å². The normalized spacial score (nSPS) is 19.1. The monoisotopic (exact) mass is 556 g/mol. The third-order valence-corrected chi connectivity index (χ3v) is 8.36. The lowest BCUT2D eigenvalue weighted by Gasteiger charge is -2.28. The van der Waals surface area contributed by atoms with Crippen molar-refractivity contribution in [1.29, 1.82) is 0 Å². The lowest BCUT2D eigenvalue weighted by molar-refractivity contribution is -0.122. The van der Waals surface area contributed by atoms with Crippen LogP contribution >= 0.6 is 0 Å². The van der Waals surface area contributed by atoms with Gasteiger partial charge in [0.05, 0.1) is 39.1 Å². The van der Waals surface area contributed by atoms with E-state index in [9.17, 15) is 14.7 Å². The maximum atomic E-state index is 13.5. The van der Waals surface area contributed by atoms with Gasteiger partial charge in [0.2, 0.25) is 13.6 Å². The minimum absolute atomic E-state index is 0.0552. The summed E-state index contributed by atoms with van der Waals surface area (Å²) >= 11 is 0. The Balaban J connectivity index is 1.30. The molecule has 2 aromatic heterocycles. The number of amides is 2. The standard InChI is InChI=1S/C30H28N4O7/c35-16(11-33-8-2-1-3-9-33)12-34-13-18(24-20(34)5-7-22-28(24)41-15-39-22)26-25(29(36)32-30(26)37)17-10-31-19-4-6-21-27(23(17)19)40-14-38-21/h4-7,10,13,16,31,35H,1-3,8-9,11-12,14-15H2,(H,32,36,37). The molecule has 2 aromatic carbocycles. The van der Waals surface area contributed by atoms with Crippen LogP contribution < -0.4 is 24.3 Å². The summed E-state index contributed by atoms with van der Waals surface area (Å²) in [7, 11) is 0. The molecule has 1 atom stereocenters. The number of aliphatic hydroxyl groups is 1. The van der Waals surface area contributed by atoms with E-state index >= 15 is 0 Å². The molecule has 4 aliphatic rings. The summed E-state index contributed by atoms with van der Waals surface area (Å²) in [6.45, 7) is 2.97. The first-order chi connectivity index (χ1) is 20.1. The van der Waals surface area contributed by atoms with Gasteiger partial charge in [-0.1, -0.05) is 6.42 Å². The highest BCUT2D eigenvalue weighted by Gasteiger charge is 2.38. The topological polar surface area (TPSA) is 127 Å². The summed E-state index contributed by atoms with van der Waals surface area (Å²) in [5, 5.41) is 14.9. The first-order valence-corrected chi connectivity index (χ1v) is 13.9. The van der Waals surface area contributed by atoms with E-state index in [0.29, 0.717) is 58.0 Å². The number of aromatic nitrogens is 2. The van der Waals surface area contributed by atoms with Crippen LogP contribution in [0.15, 0.2) is 36.7 Å². The van der Waals surface area contributed by atoms with Crippen molar-refractivity contribution in [2.45, 2.75) is 31.9 Å². The molecule has 8 rings (SSSR count). The molecule has 0 spiro atoms. The number of likely N-dealkylation sites (tertiary alicyclic amines) is 1. The fraction of sp³-hybridized carbons (Fsp3) is 0.333. The van der Waals surface area contributed by atoms with Crippen molar-refractivity contribution in [1.82, 2.24) is 19.8 Å². The first-order valence-electron chi connectivity index (χ1n) is 13.9. The van der Waals surface area contributed by atoms with Gasteiger partial charge in [0.1, 0.15) is 0 Å². The fourth-order valence-corrected chi connectivity index (χ4v) is 6.57.